The molecule has 0 radical (unpaired) electrons. The predicted octanol–water partition coefficient (Wildman–Crippen LogP) is 2.64. The van der Waals surface area contributed by atoms with Gasteiger partial charge in [0.25, 0.3) is 11.6 Å². The van der Waals surface area contributed by atoms with Crippen molar-refractivity contribution in [2.24, 2.45) is 0 Å². The highest BCUT2D eigenvalue weighted by atomic mass is 35.5. The van der Waals surface area contributed by atoms with Gasteiger partial charge in [-0.3, -0.25) is 19.7 Å². The normalized spacial score (nSPS) is 13.9. The minimum Gasteiger partial charge on any atom is -0.362 e. The van der Waals surface area contributed by atoms with Gasteiger partial charge in [-0.05, 0) is 31.2 Å². The molecule has 0 aliphatic carbocycles. The molecule has 2 amide bonds. The molecule has 9 heteroatoms. The lowest BCUT2D eigenvalue weighted by Gasteiger charge is -2.35. The van der Waals surface area contributed by atoms with Crippen LogP contribution in [0.5, 0.6) is 0 Å². The van der Waals surface area contributed by atoms with Crippen LogP contribution in [0.25, 0.3) is 0 Å². The van der Waals surface area contributed by atoms with E-state index in [1.807, 2.05) is 17.9 Å². The van der Waals surface area contributed by atoms with Gasteiger partial charge in [0, 0.05) is 42.8 Å². The summed E-state index contributed by atoms with van der Waals surface area (Å²) in [5, 5.41) is 14.2. The first-order valence-corrected chi connectivity index (χ1v) is 9.54. The Balaban J connectivity index is 1.55. The van der Waals surface area contributed by atoms with Crippen LogP contribution in [-0.4, -0.2) is 54.4 Å². The van der Waals surface area contributed by atoms with E-state index >= 15 is 0 Å². The van der Waals surface area contributed by atoms with Gasteiger partial charge in [0.1, 0.15) is 5.69 Å². The van der Waals surface area contributed by atoms with Crippen LogP contribution in [0.15, 0.2) is 42.5 Å². The summed E-state index contributed by atoms with van der Waals surface area (Å²) in [5.41, 5.74) is 1.91. The fourth-order valence-corrected chi connectivity index (χ4v) is 3.43. The fraction of sp³-hybridized carbons (Fsp3) is 0.300. The van der Waals surface area contributed by atoms with Crippen LogP contribution in [-0.2, 0) is 4.79 Å². The average Bonchev–Trinajstić information content (AvgIpc) is 2.71. The van der Waals surface area contributed by atoms with E-state index in [1.165, 1.54) is 6.07 Å². The minimum atomic E-state index is -0.459. The van der Waals surface area contributed by atoms with Gasteiger partial charge >= 0.3 is 0 Å². The highest BCUT2D eigenvalue weighted by Crippen LogP contribution is 2.31. The molecule has 0 bridgehead atoms. The summed E-state index contributed by atoms with van der Waals surface area (Å²) in [6.45, 7) is 3.55. The van der Waals surface area contributed by atoms with Crippen LogP contribution in [0, 0.1) is 17.0 Å². The summed E-state index contributed by atoms with van der Waals surface area (Å²) in [6.07, 6.45) is 0. The summed E-state index contributed by atoms with van der Waals surface area (Å²) in [4.78, 5) is 39.0. The first kappa shape index (κ1) is 20.6. The number of piperazine rings is 1. The molecule has 0 unspecified atom stereocenters. The number of rotatable bonds is 5. The SMILES string of the molecule is Cc1cccc(C(=O)NCC(=O)N2CCN(c3ccc(Cl)cc3[N+](=O)[O-])CC2)c1. The molecule has 1 aliphatic rings. The Kier molecular flexibility index (Phi) is 6.33. The van der Waals surface area contributed by atoms with Gasteiger partial charge in [0.2, 0.25) is 5.91 Å². The zero-order chi connectivity index (χ0) is 21.0. The lowest BCUT2D eigenvalue weighted by atomic mass is 10.1. The van der Waals surface area contributed by atoms with Gasteiger partial charge in [0.05, 0.1) is 11.5 Å². The van der Waals surface area contributed by atoms with Crippen LogP contribution >= 0.6 is 11.6 Å². The lowest BCUT2D eigenvalue weighted by molar-refractivity contribution is -0.384. The van der Waals surface area contributed by atoms with Crippen molar-refractivity contribution in [1.29, 1.82) is 0 Å². The average molecular weight is 417 g/mol. The number of nitro benzene ring substituents is 1. The van der Waals surface area contributed by atoms with Crippen LogP contribution in [0.2, 0.25) is 5.02 Å². The Morgan fingerprint density at radius 1 is 1.14 bits per heavy atom. The number of carbonyl (C=O) groups excluding carboxylic acids is 2. The molecule has 0 saturated carbocycles. The number of nitrogens with one attached hydrogen (secondary N) is 1. The van der Waals surface area contributed by atoms with Crippen LogP contribution in [0.3, 0.4) is 0 Å². The topological polar surface area (TPSA) is 95.8 Å². The largest absolute Gasteiger partial charge is 0.362 e. The molecule has 1 saturated heterocycles. The van der Waals surface area contributed by atoms with E-state index in [4.69, 9.17) is 11.6 Å². The Morgan fingerprint density at radius 3 is 2.52 bits per heavy atom. The van der Waals surface area contributed by atoms with Crippen LogP contribution < -0.4 is 10.2 Å². The Hall–Kier alpha value is -3.13. The van der Waals surface area contributed by atoms with Crippen molar-refractivity contribution < 1.29 is 14.5 Å². The molecule has 1 fully saturated rings. The molecule has 2 aromatic carbocycles. The number of hydrogen-bond donors (Lipinski definition) is 1. The van der Waals surface area contributed by atoms with E-state index in [9.17, 15) is 19.7 Å². The first-order chi connectivity index (χ1) is 13.8. The molecule has 29 heavy (non-hydrogen) atoms. The first-order valence-electron chi connectivity index (χ1n) is 9.16. The number of amides is 2. The molecule has 8 nitrogen and oxygen atoms in total. The second-order valence-electron chi connectivity index (χ2n) is 6.81. The van der Waals surface area contributed by atoms with Gasteiger partial charge in [-0.1, -0.05) is 29.3 Å². The highest BCUT2D eigenvalue weighted by molar-refractivity contribution is 6.30. The van der Waals surface area contributed by atoms with Crippen molar-refractivity contribution in [3.8, 4) is 0 Å². The third kappa shape index (κ3) is 5.03. The van der Waals surface area contributed by atoms with E-state index in [-0.39, 0.29) is 24.0 Å². The minimum absolute atomic E-state index is 0.0531. The van der Waals surface area contributed by atoms with Crippen molar-refractivity contribution in [1.82, 2.24) is 10.2 Å². The van der Waals surface area contributed by atoms with Crippen molar-refractivity contribution in [3.63, 3.8) is 0 Å². The van der Waals surface area contributed by atoms with E-state index in [1.54, 1.807) is 35.2 Å². The zero-order valence-corrected chi connectivity index (χ0v) is 16.7. The van der Waals surface area contributed by atoms with E-state index in [0.29, 0.717) is 42.5 Å². The second-order valence-corrected chi connectivity index (χ2v) is 7.25. The molecule has 0 spiro atoms. The maximum atomic E-state index is 12.4. The molecule has 152 valence electrons. The van der Waals surface area contributed by atoms with Crippen molar-refractivity contribution in [2.75, 3.05) is 37.6 Å². The number of aryl methyl sites for hydroxylation is 1. The Labute approximate surface area is 173 Å². The highest BCUT2D eigenvalue weighted by Gasteiger charge is 2.26. The van der Waals surface area contributed by atoms with Crippen molar-refractivity contribution >= 4 is 34.8 Å². The quantitative estimate of drug-likeness (QED) is 0.597. The summed E-state index contributed by atoms with van der Waals surface area (Å²) >= 11 is 5.87. The van der Waals surface area contributed by atoms with E-state index in [0.717, 1.165) is 5.56 Å². The third-order valence-electron chi connectivity index (χ3n) is 4.79. The van der Waals surface area contributed by atoms with E-state index < -0.39 is 4.92 Å². The number of carbonyl (C=O) groups is 2. The summed E-state index contributed by atoms with van der Waals surface area (Å²) in [5.74, 6) is -0.478. The number of hydrogen-bond acceptors (Lipinski definition) is 5. The van der Waals surface area contributed by atoms with Gasteiger partial charge < -0.3 is 15.1 Å². The van der Waals surface area contributed by atoms with Gasteiger partial charge in [-0.25, -0.2) is 0 Å². The maximum absolute atomic E-state index is 12.4. The van der Waals surface area contributed by atoms with E-state index in [2.05, 4.69) is 5.32 Å². The number of nitro groups is 1. The van der Waals surface area contributed by atoms with Crippen molar-refractivity contribution in [3.05, 3.63) is 68.7 Å². The molecule has 1 aliphatic heterocycles. The number of nitrogens with zero attached hydrogens (tertiary/aromatic N) is 3. The molecule has 0 aromatic heterocycles. The molecular weight excluding hydrogens is 396 g/mol. The van der Waals surface area contributed by atoms with Crippen LogP contribution in [0.1, 0.15) is 15.9 Å². The number of benzene rings is 2. The standard InChI is InChI=1S/C20H21ClN4O4/c1-14-3-2-4-15(11-14)20(27)22-13-19(26)24-9-7-23(8-10-24)17-6-5-16(21)12-18(17)25(28)29/h2-6,11-12H,7-10,13H2,1H3,(H,22,27). The number of halogens is 1. The monoisotopic (exact) mass is 416 g/mol. The molecule has 1 N–H and O–H groups in total. The Bertz CT molecular complexity index is 942. The smallest absolute Gasteiger partial charge is 0.294 e. The van der Waals surface area contributed by atoms with Gasteiger partial charge in [-0.2, -0.15) is 0 Å². The third-order valence-corrected chi connectivity index (χ3v) is 5.02. The molecule has 1 heterocycles. The Morgan fingerprint density at radius 2 is 1.86 bits per heavy atom. The van der Waals surface area contributed by atoms with Crippen molar-refractivity contribution in [2.45, 2.75) is 6.92 Å². The maximum Gasteiger partial charge on any atom is 0.294 e. The predicted molar refractivity (Wildman–Crippen MR) is 110 cm³/mol. The number of anilines is 1. The second kappa shape index (κ2) is 8.91. The van der Waals surface area contributed by atoms with Crippen LogP contribution in [0.4, 0.5) is 11.4 Å². The fourth-order valence-electron chi connectivity index (χ4n) is 3.26. The molecule has 3 rings (SSSR count). The zero-order valence-electron chi connectivity index (χ0n) is 15.9. The summed E-state index contributed by atoms with van der Waals surface area (Å²) in [6, 6.07) is 11.7. The molecule has 2 aromatic rings. The summed E-state index contributed by atoms with van der Waals surface area (Å²) in [7, 11) is 0. The lowest BCUT2D eigenvalue weighted by Crippen LogP contribution is -2.51. The molecule has 0 atom stereocenters. The summed E-state index contributed by atoms with van der Waals surface area (Å²) < 4.78 is 0. The van der Waals surface area contributed by atoms with Gasteiger partial charge in [-0.15, -0.1) is 0 Å². The molecular formula is C20H21ClN4O4. The van der Waals surface area contributed by atoms with Gasteiger partial charge in [0.15, 0.2) is 0 Å².